The molecule has 1 aromatic heterocycles. The van der Waals surface area contributed by atoms with Gasteiger partial charge >= 0.3 is 12.0 Å². The summed E-state index contributed by atoms with van der Waals surface area (Å²) in [6.07, 6.45) is 2.53. The van der Waals surface area contributed by atoms with Crippen molar-refractivity contribution in [2.45, 2.75) is 38.7 Å². The molecule has 25 heavy (non-hydrogen) atoms. The fraction of sp³-hybridized carbons (Fsp3) is 0.467. The van der Waals surface area contributed by atoms with Crippen LogP contribution in [0.3, 0.4) is 0 Å². The Bertz CT molecular complexity index is 628. The Morgan fingerprint density at radius 3 is 2.64 bits per heavy atom. The van der Waals surface area contributed by atoms with Crippen molar-refractivity contribution in [1.82, 2.24) is 10.3 Å². The van der Waals surface area contributed by atoms with Crippen LogP contribution in [0.2, 0.25) is 10.0 Å². The van der Waals surface area contributed by atoms with Gasteiger partial charge in [-0.2, -0.15) is 0 Å². The molecule has 1 aromatic rings. The molecule has 0 saturated heterocycles. The number of amides is 3. The van der Waals surface area contributed by atoms with Gasteiger partial charge in [0.15, 0.2) is 11.9 Å². The number of primary amides is 1. The molecule has 138 valence electrons. The summed E-state index contributed by atoms with van der Waals surface area (Å²) in [6.45, 7) is 1.91. The van der Waals surface area contributed by atoms with Gasteiger partial charge in [-0.05, 0) is 25.8 Å². The summed E-state index contributed by atoms with van der Waals surface area (Å²) in [5.41, 5.74) is 4.93. The van der Waals surface area contributed by atoms with Crippen molar-refractivity contribution in [2.75, 3.05) is 11.9 Å². The average Bonchev–Trinajstić information content (AvgIpc) is 2.52. The molecule has 0 spiro atoms. The number of aromatic nitrogens is 1. The number of esters is 1. The van der Waals surface area contributed by atoms with E-state index in [1.54, 1.807) is 0 Å². The first kappa shape index (κ1) is 21.0. The molecule has 0 saturated carbocycles. The second kappa shape index (κ2) is 10.7. The number of urea groups is 1. The normalized spacial score (nSPS) is 11.5. The molecule has 3 amide bonds. The summed E-state index contributed by atoms with van der Waals surface area (Å²) in [5, 5.41) is 5.45. The highest BCUT2D eigenvalue weighted by Gasteiger charge is 2.19. The van der Waals surface area contributed by atoms with Crippen LogP contribution < -0.4 is 16.4 Å². The zero-order chi connectivity index (χ0) is 18.8. The molecule has 1 atom stereocenters. The lowest BCUT2D eigenvalue weighted by Crippen LogP contribution is -2.30. The number of halogens is 2. The van der Waals surface area contributed by atoms with Gasteiger partial charge in [-0.3, -0.25) is 9.59 Å². The van der Waals surface area contributed by atoms with E-state index in [1.165, 1.54) is 19.2 Å². The van der Waals surface area contributed by atoms with Crippen LogP contribution in [0.15, 0.2) is 12.3 Å². The van der Waals surface area contributed by atoms with Gasteiger partial charge in [0.1, 0.15) is 0 Å². The van der Waals surface area contributed by atoms with E-state index in [4.69, 9.17) is 33.7 Å². The van der Waals surface area contributed by atoms with Gasteiger partial charge in [0.25, 0.3) is 5.91 Å². The predicted molar refractivity (Wildman–Crippen MR) is 94.5 cm³/mol. The third-order valence-corrected chi connectivity index (χ3v) is 3.58. The maximum absolute atomic E-state index is 12.0. The number of hydrogen-bond donors (Lipinski definition) is 3. The summed E-state index contributed by atoms with van der Waals surface area (Å²) in [7, 11) is 0. The first-order valence-corrected chi connectivity index (χ1v) is 8.40. The third-order valence-electron chi connectivity index (χ3n) is 3.08. The highest BCUT2D eigenvalue weighted by molar-refractivity contribution is 6.36. The number of ether oxygens (including phenoxy) is 1. The number of rotatable bonds is 9. The Labute approximate surface area is 155 Å². The highest BCUT2D eigenvalue weighted by Crippen LogP contribution is 2.22. The maximum atomic E-state index is 12.0. The second-order valence-electron chi connectivity index (χ2n) is 5.21. The lowest BCUT2D eigenvalue weighted by atomic mass is 10.2. The van der Waals surface area contributed by atoms with Crippen molar-refractivity contribution in [2.24, 2.45) is 5.73 Å². The summed E-state index contributed by atoms with van der Waals surface area (Å²) in [4.78, 5) is 38.1. The fourth-order valence-corrected chi connectivity index (χ4v) is 2.24. The number of carbonyl (C=O) groups is 3. The van der Waals surface area contributed by atoms with Gasteiger partial charge in [-0.25, -0.2) is 9.78 Å². The zero-order valence-corrected chi connectivity index (χ0v) is 15.2. The van der Waals surface area contributed by atoms with Crippen LogP contribution in [0.4, 0.5) is 10.6 Å². The molecule has 0 fully saturated rings. The number of hydrogen-bond acceptors (Lipinski definition) is 5. The van der Waals surface area contributed by atoms with E-state index >= 15 is 0 Å². The van der Waals surface area contributed by atoms with E-state index in [-0.39, 0.29) is 17.3 Å². The molecular weight excluding hydrogens is 371 g/mol. The van der Waals surface area contributed by atoms with E-state index in [9.17, 15) is 14.4 Å². The monoisotopic (exact) mass is 390 g/mol. The lowest BCUT2D eigenvalue weighted by Gasteiger charge is -2.13. The average molecular weight is 391 g/mol. The Hall–Kier alpha value is -2.06. The minimum Gasteiger partial charge on any atom is -0.453 e. The van der Waals surface area contributed by atoms with Crippen LogP contribution in [-0.4, -0.2) is 35.5 Å². The van der Waals surface area contributed by atoms with E-state index in [2.05, 4.69) is 15.6 Å². The largest absolute Gasteiger partial charge is 0.453 e. The van der Waals surface area contributed by atoms with Gasteiger partial charge in [0, 0.05) is 19.2 Å². The minimum atomic E-state index is -0.988. The van der Waals surface area contributed by atoms with Gasteiger partial charge in [-0.1, -0.05) is 29.6 Å². The van der Waals surface area contributed by atoms with E-state index in [1.807, 2.05) is 0 Å². The third kappa shape index (κ3) is 8.55. The highest BCUT2D eigenvalue weighted by atomic mass is 35.5. The van der Waals surface area contributed by atoms with Gasteiger partial charge < -0.3 is 21.1 Å². The minimum absolute atomic E-state index is 0.140. The first-order chi connectivity index (χ1) is 11.8. The van der Waals surface area contributed by atoms with Crippen LogP contribution in [0.25, 0.3) is 0 Å². The van der Waals surface area contributed by atoms with E-state index in [0.717, 1.165) is 6.42 Å². The predicted octanol–water partition coefficient (Wildman–Crippen LogP) is 2.49. The molecule has 0 bridgehead atoms. The number of pyridine rings is 1. The SMILES string of the molecule is C[C@@H](OC(=O)CCCCCNC(N)=O)C(=O)Nc1ncc(Cl)cc1Cl. The molecule has 4 N–H and O–H groups in total. The van der Waals surface area contributed by atoms with Crippen molar-refractivity contribution in [3.63, 3.8) is 0 Å². The standard InChI is InChI=1S/C15H20Cl2N4O4/c1-9(14(23)21-13-11(17)7-10(16)8-20-13)25-12(22)5-3-2-4-6-19-15(18)24/h7-9H,2-6H2,1H3,(H3,18,19,24)(H,20,21,23)/t9-/m1/s1. The van der Waals surface area contributed by atoms with Crippen molar-refractivity contribution in [1.29, 1.82) is 0 Å². The Kier molecular flexibility index (Phi) is 9.01. The van der Waals surface area contributed by atoms with Gasteiger partial charge in [0.05, 0.1) is 10.0 Å². The summed E-state index contributed by atoms with van der Waals surface area (Å²) in [6, 6.07) is 0.865. The molecule has 0 unspecified atom stereocenters. The van der Waals surface area contributed by atoms with Crippen LogP contribution in [0.5, 0.6) is 0 Å². The Morgan fingerprint density at radius 1 is 1.28 bits per heavy atom. The second-order valence-corrected chi connectivity index (χ2v) is 6.05. The maximum Gasteiger partial charge on any atom is 0.312 e. The van der Waals surface area contributed by atoms with Gasteiger partial charge in [0.2, 0.25) is 0 Å². The summed E-state index contributed by atoms with van der Waals surface area (Å²) in [5.74, 6) is -0.891. The van der Waals surface area contributed by atoms with Crippen molar-refractivity contribution >= 4 is 46.9 Å². The van der Waals surface area contributed by atoms with Crippen molar-refractivity contribution in [3.8, 4) is 0 Å². The van der Waals surface area contributed by atoms with Gasteiger partial charge in [-0.15, -0.1) is 0 Å². The molecule has 0 aliphatic rings. The number of nitrogens with one attached hydrogen (secondary N) is 2. The first-order valence-electron chi connectivity index (χ1n) is 7.64. The van der Waals surface area contributed by atoms with Crippen molar-refractivity contribution in [3.05, 3.63) is 22.3 Å². The number of unbranched alkanes of at least 4 members (excludes halogenated alkanes) is 2. The quantitative estimate of drug-likeness (QED) is 0.441. The Balaban J connectivity index is 2.29. The molecule has 0 radical (unpaired) electrons. The van der Waals surface area contributed by atoms with Crippen LogP contribution >= 0.6 is 23.2 Å². The topological polar surface area (TPSA) is 123 Å². The molecule has 1 rings (SSSR count). The molecule has 0 aliphatic carbocycles. The summed E-state index contributed by atoms with van der Waals surface area (Å²) >= 11 is 11.6. The number of carbonyl (C=O) groups excluding carboxylic acids is 3. The zero-order valence-electron chi connectivity index (χ0n) is 13.7. The van der Waals surface area contributed by atoms with Crippen LogP contribution in [0.1, 0.15) is 32.6 Å². The van der Waals surface area contributed by atoms with Crippen LogP contribution in [-0.2, 0) is 14.3 Å². The molecule has 0 aliphatic heterocycles. The molecule has 8 nitrogen and oxygen atoms in total. The number of nitrogens with zero attached hydrogens (tertiary/aromatic N) is 1. The molecule has 1 heterocycles. The number of anilines is 1. The smallest absolute Gasteiger partial charge is 0.312 e. The van der Waals surface area contributed by atoms with E-state index in [0.29, 0.717) is 24.4 Å². The molecule has 10 heteroatoms. The van der Waals surface area contributed by atoms with E-state index < -0.39 is 24.0 Å². The number of nitrogens with two attached hydrogens (primary N) is 1. The van der Waals surface area contributed by atoms with Crippen LogP contribution in [0, 0.1) is 0 Å². The summed E-state index contributed by atoms with van der Waals surface area (Å²) < 4.78 is 5.06. The molecular formula is C15H20Cl2N4O4. The fourth-order valence-electron chi connectivity index (χ4n) is 1.82. The Morgan fingerprint density at radius 2 is 2.00 bits per heavy atom. The van der Waals surface area contributed by atoms with Crippen molar-refractivity contribution < 1.29 is 19.1 Å². The molecule has 0 aromatic carbocycles. The lowest BCUT2D eigenvalue weighted by molar-refractivity contribution is -0.153.